The lowest BCUT2D eigenvalue weighted by Gasteiger charge is -2.17. The minimum atomic E-state index is -0.375. The molecule has 1 aromatic heterocycles. The van der Waals surface area contributed by atoms with Gasteiger partial charge < -0.3 is 10.3 Å². The van der Waals surface area contributed by atoms with Crippen molar-refractivity contribution >= 4 is 0 Å². The standard InChI is InChI=1S/C19H26N2O/c1-5-6-11-21-15(4)8-10-17(19(21)22)18(20)16-9-7-13(2)14(3)12-16/h7-10,12,18H,5-6,11,20H2,1-4H3. The van der Waals surface area contributed by atoms with Gasteiger partial charge in [-0.15, -0.1) is 0 Å². The van der Waals surface area contributed by atoms with Gasteiger partial charge in [0, 0.05) is 17.8 Å². The molecule has 118 valence electrons. The summed E-state index contributed by atoms with van der Waals surface area (Å²) in [5.41, 5.74) is 11.5. The number of aryl methyl sites for hydroxylation is 3. The molecule has 0 spiro atoms. The molecule has 0 fully saturated rings. The molecule has 0 radical (unpaired) electrons. The highest BCUT2D eigenvalue weighted by Gasteiger charge is 2.15. The Morgan fingerprint density at radius 2 is 1.82 bits per heavy atom. The van der Waals surface area contributed by atoms with Gasteiger partial charge in [-0.1, -0.05) is 31.5 Å². The summed E-state index contributed by atoms with van der Waals surface area (Å²) >= 11 is 0. The Balaban J connectivity index is 2.43. The summed E-state index contributed by atoms with van der Waals surface area (Å²) in [6.07, 6.45) is 2.07. The number of nitrogens with zero attached hydrogens (tertiary/aromatic N) is 1. The first kappa shape index (κ1) is 16.5. The van der Waals surface area contributed by atoms with Gasteiger partial charge >= 0.3 is 0 Å². The largest absolute Gasteiger partial charge is 0.320 e. The highest BCUT2D eigenvalue weighted by molar-refractivity contribution is 5.36. The van der Waals surface area contributed by atoms with E-state index >= 15 is 0 Å². The molecule has 0 saturated carbocycles. The Morgan fingerprint density at radius 1 is 1.09 bits per heavy atom. The fourth-order valence-electron chi connectivity index (χ4n) is 2.66. The van der Waals surface area contributed by atoms with Crippen LogP contribution in [0.5, 0.6) is 0 Å². The molecule has 0 bridgehead atoms. The molecule has 1 atom stereocenters. The second-order valence-electron chi connectivity index (χ2n) is 6.06. The van der Waals surface area contributed by atoms with Crippen molar-refractivity contribution in [2.24, 2.45) is 5.73 Å². The number of hydrogen-bond acceptors (Lipinski definition) is 2. The van der Waals surface area contributed by atoms with Crippen molar-refractivity contribution in [3.63, 3.8) is 0 Å². The monoisotopic (exact) mass is 298 g/mol. The molecule has 0 aliphatic heterocycles. The summed E-state index contributed by atoms with van der Waals surface area (Å²) in [7, 11) is 0. The van der Waals surface area contributed by atoms with Gasteiger partial charge in [0.25, 0.3) is 5.56 Å². The number of pyridine rings is 1. The third-order valence-electron chi connectivity index (χ3n) is 4.38. The maximum atomic E-state index is 12.7. The van der Waals surface area contributed by atoms with Gasteiger partial charge in [0.1, 0.15) is 0 Å². The van der Waals surface area contributed by atoms with Gasteiger partial charge in [-0.2, -0.15) is 0 Å². The van der Waals surface area contributed by atoms with Crippen molar-refractivity contribution in [1.29, 1.82) is 0 Å². The zero-order chi connectivity index (χ0) is 16.3. The molecule has 2 N–H and O–H groups in total. The van der Waals surface area contributed by atoms with Gasteiger partial charge in [-0.25, -0.2) is 0 Å². The molecule has 1 unspecified atom stereocenters. The number of benzene rings is 1. The van der Waals surface area contributed by atoms with E-state index in [0.29, 0.717) is 5.56 Å². The van der Waals surface area contributed by atoms with Crippen LogP contribution in [0.3, 0.4) is 0 Å². The summed E-state index contributed by atoms with van der Waals surface area (Å²) in [5.74, 6) is 0. The number of nitrogens with two attached hydrogens (primary N) is 1. The molecular weight excluding hydrogens is 272 g/mol. The third-order valence-corrected chi connectivity index (χ3v) is 4.38. The van der Waals surface area contributed by atoms with E-state index in [4.69, 9.17) is 5.73 Å². The fraction of sp³-hybridized carbons (Fsp3) is 0.421. The number of rotatable bonds is 5. The molecule has 2 rings (SSSR count). The first-order chi connectivity index (χ1) is 10.5. The van der Waals surface area contributed by atoms with Gasteiger partial charge in [0.05, 0.1) is 6.04 Å². The quantitative estimate of drug-likeness (QED) is 0.916. The molecule has 1 heterocycles. The molecule has 0 amide bonds. The SMILES string of the molecule is CCCCn1c(C)ccc(C(N)c2ccc(C)c(C)c2)c1=O. The lowest BCUT2D eigenvalue weighted by Crippen LogP contribution is -2.30. The predicted octanol–water partition coefficient (Wildman–Crippen LogP) is 3.62. The van der Waals surface area contributed by atoms with Gasteiger partial charge in [-0.3, -0.25) is 4.79 Å². The second-order valence-corrected chi connectivity index (χ2v) is 6.06. The third kappa shape index (κ3) is 3.30. The van der Waals surface area contributed by atoms with Crippen LogP contribution in [0.2, 0.25) is 0 Å². The van der Waals surface area contributed by atoms with Crippen LogP contribution in [0.15, 0.2) is 35.1 Å². The topological polar surface area (TPSA) is 48.0 Å². The fourth-order valence-corrected chi connectivity index (χ4v) is 2.66. The molecule has 0 aliphatic carbocycles. The van der Waals surface area contributed by atoms with Crippen molar-refractivity contribution in [1.82, 2.24) is 4.57 Å². The second kappa shape index (κ2) is 6.93. The summed E-state index contributed by atoms with van der Waals surface area (Å²) in [6, 6.07) is 9.65. The van der Waals surface area contributed by atoms with E-state index < -0.39 is 0 Å². The zero-order valence-corrected chi connectivity index (χ0v) is 14.0. The maximum Gasteiger partial charge on any atom is 0.255 e. The Bertz CT molecular complexity index is 716. The van der Waals surface area contributed by atoms with Crippen LogP contribution in [0.1, 0.15) is 53.8 Å². The Hall–Kier alpha value is -1.87. The van der Waals surface area contributed by atoms with E-state index in [2.05, 4.69) is 32.9 Å². The van der Waals surface area contributed by atoms with E-state index in [1.54, 1.807) is 0 Å². The van der Waals surface area contributed by atoms with E-state index in [0.717, 1.165) is 30.6 Å². The number of aromatic nitrogens is 1. The zero-order valence-electron chi connectivity index (χ0n) is 14.0. The Kier molecular flexibility index (Phi) is 5.19. The number of hydrogen-bond donors (Lipinski definition) is 1. The smallest absolute Gasteiger partial charge is 0.255 e. The molecular formula is C19H26N2O. The van der Waals surface area contributed by atoms with Crippen LogP contribution >= 0.6 is 0 Å². The van der Waals surface area contributed by atoms with Crippen LogP contribution in [0, 0.1) is 20.8 Å². The van der Waals surface area contributed by atoms with Crippen molar-refractivity contribution in [2.75, 3.05) is 0 Å². The Labute approximate surface area is 132 Å². The van der Waals surface area contributed by atoms with Gasteiger partial charge in [0.15, 0.2) is 0 Å². The highest BCUT2D eigenvalue weighted by Crippen LogP contribution is 2.20. The maximum absolute atomic E-state index is 12.7. The highest BCUT2D eigenvalue weighted by atomic mass is 16.1. The van der Waals surface area contributed by atoms with Gasteiger partial charge in [0.2, 0.25) is 0 Å². The summed E-state index contributed by atoms with van der Waals surface area (Å²) in [5, 5.41) is 0. The van der Waals surface area contributed by atoms with Crippen LogP contribution in [-0.2, 0) is 6.54 Å². The van der Waals surface area contributed by atoms with E-state index in [1.807, 2.05) is 29.7 Å². The minimum Gasteiger partial charge on any atom is -0.320 e. The summed E-state index contributed by atoms with van der Waals surface area (Å²) in [4.78, 5) is 12.7. The Morgan fingerprint density at radius 3 is 2.45 bits per heavy atom. The van der Waals surface area contributed by atoms with Crippen molar-refractivity contribution in [3.05, 3.63) is 68.6 Å². The minimum absolute atomic E-state index is 0.0409. The average Bonchev–Trinajstić information content (AvgIpc) is 2.49. The number of unbranched alkanes of at least 4 members (excludes halogenated alkanes) is 1. The average molecular weight is 298 g/mol. The first-order valence-electron chi connectivity index (χ1n) is 7.98. The van der Waals surface area contributed by atoms with Crippen LogP contribution in [0.4, 0.5) is 0 Å². The molecule has 0 aliphatic rings. The normalized spacial score (nSPS) is 12.4. The molecule has 2 aromatic rings. The summed E-state index contributed by atoms with van der Waals surface area (Å²) in [6.45, 7) is 9.01. The van der Waals surface area contributed by atoms with Crippen molar-refractivity contribution in [2.45, 2.75) is 53.1 Å². The van der Waals surface area contributed by atoms with E-state index in [-0.39, 0.29) is 11.6 Å². The van der Waals surface area contributed by atoms with E-state index in [1.165, 1.54) is 11.1 Å². The molecule has 3 heteroatoms. The summed E-state index contributed by atoms with van der Waals surface area (Å²) < 4.78 is 1.85. The van der Waals surface area contributed by atoms with E-state index in [9.17, 15) is 4.79 Å². The lowest BCUT2D eigenvalue weighted by molar-refractivity contribution is 0.590. The van der Waals surface area contributed by atoms with Crippen LogP contribution in [-0.4, -0.2) is 4.57 Å². The molecule has 22 heavy (non-hydrogen) atoms. The lowest BCUT2D eigenvalue weighted by atomic mass is 9.97. The van der Waals surface area contributed by atoms with Crippen molar-refractivity contribution < 1.29 is 0 Å². The van der Waals surface area contributed by atoms with Crippen LogP contribution in [0.25, 0.3) is 0 Å². The molecule has 1 aromatic carbocycles. The van der Waals surface area contributed by atoms with Crippen molar-refractivity contribution in [3.8, 4) is 0 Å². The first-order valence-corrected chi connectivity index (χ1v) is 7.98. The predicted molar refractivity (Wildman–Crippen MR) is 92.3 cm³/mol. The van der Waals surface area contributed by atoms with Crippen LogP contribution < -0.4 is 11.3 Å². The van der Waals surface area contributed by atoms with Gasteiger partial charge in [-0.05, 0) is 56.0 Å². The molecule has 3 nitrogen and oxygen atoms in total. The molecule has 0 saturated heterocycles.